The second-order valence-electron chi connectivity index (χ2n) is 4.79. The second-order valence-corrected chi connectivity index (χ2v) is 4.79. The van der Waals surface area contributed by atoms with E-state index in [1.54, 1.807) is 0 Å². The van der Waals surface area contributed by atoms with E-state index in [1.165, 1.54) is 5.56 Å². The summed E-state index contributed by atoms with van der Waals surface area (Å²) in [5.41, 5.74) is 8.69. The topological polar surface area (TPSA) is 55.1 Å². The van der Waals surface area contributed by atoms with Crippen molar-refractivity contribution in [3.63, 3.8) is 0 Å². The highest BCUT2D eigenvalue weighted by molar-refractivity contribution is 5.90. The lowest BCUT2D eigenvalue weighted by molar-refractivity contribution is -0.116. The summed E-state index contributed by atoms with van der Waals surface area (Å²) >= 11 is 0. The Hall–Kier alpha value is -2.13. The first-order chi connectivity index (χ1) is 9.78. The average molecular weight is 268 g/mol. The first kappa shape index (κ1) is 14.3. The lowest BCUT2D eigenvalue weighted by Gasteiger charge is -2.06. The van der Waals surface area contributed by atoms with Crippen LogP contribution in [0, 0.1) is 0 Å². The van der Waals surface area contributed by atoms with E-state index in [-0.39, 0.29) is 5.91 Å². The molecule has 0 saturated carbocycles. The number of nitrogens with one attached hydrogen (secondary N) is 1. The normalized spacial score (nSPS) is 10.2. The molecular weight excluding hydrogens is 248 g/mol. The van der Waals surface area contributed by atoms with E-state index in [2.05, 4.69) is 17.4 Å². The van der Waals surface area contributed by atoms with Crippen molar-refractivity contribution < 1.29 is 4.79 Å². The number of anilines is 1. The summed E-state index contributed by atoms with van der Waals surface area (Å²) in [6.45, 7) is 0.519. The summed E-state index contributed by atoms with van der Waals surface area (Å²) < 4.78 is 0. The van der Waals surface area contributed by atoms with Gasteiger partial charge in [-0.2, -0.15) is 0 Å². The zero-order valence-electron chi connectivity index (χ0n) is 11.5. The van der Waals surface area contributed by atoms with E-state index in [1.807, 2.05) is 42.5 Å². The molecule has 0 aliphatic heterocycles. The molecule has 3 N–H and O–H groups in total. The molecule has 0 heterocycles. The maximum absolute atomic E-state index is 11.8. The predicted molar refractivity (Wildman–Crippen MR) is 82.3 cm³/mol. The van der Waals surface area contributed by atoms with E-state index >= 15 is 0 Å². The highest BCUT2D eigenvalue weighted by Crippen LogP contribution is 2.10. The van der Waals surface area contributed by atoms with Crippen molar-refractivity contribution in [2.75, 3.05) is 5.32 Å². The fourth-order valence-corrected chi connectivity index (χ4v) is 2.05. The minimum atomic E-state index is 0.0569. The Balaban J connectivity index is 1.74. The molecule has 20 heavy (non-hydrogen) atoms. The molecule has 0 unspecified atom stereocenters. The maximum Gasteiger partial charge on any atom is 0.224 e. The number of benzene rings is 2. The monoisotopic (exact) mass is 268 g/mol. The third-order valence-electron chi connectivity index (χ3n) is 3.19. The van der Waals surface area contributed by atoms with E-state index < -0.39 is 0 Å². The van der Waals surface area contributed by atoms with Crippen LogP contribution in [0.2, 0.25) is 0 Å². The molecule has 2 aromatic carbocycles. The molecule has 0 aliphatic rings. The Labute approximate surface area is 119 Å². The van der Waals surface area contributed by atoms with Crippen LogP contribution in [0.5, 0.6) is 0 Å². The molecule has 0 spiro atoms. The predicted octanol–water partition coefficient (Wildman–Crippen LogP) is 3.11. The molecular formula is C17H20N2O. The van der Waals surface area contributed by atoms with E-state index in [0.717, 1.165) is 24.1 Å². The van der Waals surface area contributed by atoms with Gasteiger partial charge in [0.25, 0.3) is 0 Å². The van der Waals surface area contributed by atoms with Crippen molar-refractivity contribution in [3.8, 4) is 0 Å². The highest BCUT2D eigenvalue weighted by atomic mass is 16.1. The molecule has 0 aliphatic carbocycles. The Morgan fingerprint density at radius 2 is 1.65 bits per heavy atom. The van der Waals surface area contributed by atoms with Crippen LogP contribution in [-0.2, 0) is 17.8 Å². The minimum Gasteiger partial charge on any atom is -0.326 e. The molecule has 0 atom stereocenters. The molecule has 1 amide bonds. The standard InChI is InChI=1S/C17H20N2O/c18-13-15-9-11-16(12-10-15)19-17(20)8-4-7-14-5-2-1-3-6-14/h1-3,5-6,9-12H,4,7-8,13,18H2,(H,19,20). The first-order valence-electron chi connectivity index (χ1n) is 6.91. The number of aryl methyl sites for hydroxylation is 1. The summed E-state index contributed by atoms with van der Waals surface area (Å²) in [6, 6.07) is 17.9. The van der Waals surface area contributed by atoms with Crippen LogP contribution in [0.4, 0.5) is 5.69 Å². The molecule has 2 rings (SSSR count). The van der Waals surface area contributed by atoms with E-state index in [0.29, 0.717) is 13.0 Å². The third-order valence-corrected chi connectivity index (χ3v) is 3.19. The van der Waals surface area contributed by atoms with Crippen molar-refractivity contribution in [2.45, 2.75) is 25.8 Å². The average Bonchev–Trinajstić information content (AvgIpc) is 2.49. The van der Waals surface area contributed by atoms with Crippen LogP contribution in [-0.4, -0.2) is 5.91 Å². The van der Waals surface area contributed by atoms with E-state index in [9.17, 15) is 4.79 Å². The van der Waals surface area contributed by atoms with Crippen LogP contribution in [0.3, 0.4) is 0 Å². The Kier molecular flexibility index (Phi) is 5.33. The van der Waals surface area contributed by atoms with Crippen LogP contribution >= 0.6 is 0 Å². The zero-order valence-corrected chi connectivity index (χ0v) is 11.5. The van der Waals surface area contributed by atoms with Gasteiger partial charge in [0.2, 0.25) is 5.91 Å². The lowest BCUT2D eigenvalue weighted by Crippen LogP contribution is -2.11. The minimum absolute atomic E-state index is 0.0569. The second kappa shape index (κ2) is 7.46. The van der Waals surface area contributed by atoms with Crippen molar-refractivity contribution in [3.05, 3.63) is 65.7 Å². The summed E-state index contributed by atoms with van der Waals surface area (Å²) in [6.07, 6.45) is 2.32. The summed E-state index contributed by atoms with van der Waals surface area (Å²) in [5, 5.41) is 2.90. The maximum atomic E-state index is 11.8. The first-order valence-corrected chi connectivity index (χ1v) is 6.91. The number of hydrogen-bond acceptors (Lipinski definition) is 2. The number of hydrogen-bond donors (Lipinski definition) is 2. The Bertz CT molecular complexity index is 535. The van der Waals surface area contributed by atoms with Gasteiger partial charge < -0.3 is 11.1 Å². The van der Waals surface area contributed by atoms with Gasteiger partial charge in [-0.25, -0.2) is 0 Å². The van der Waals surface area contributed by atoms with Crippen LogP contribution < -0.4 is 11.1 Å². The highest BCUT2D eigenvalue weighted by Gasteiger charge is 2.02. The van der Waals surface area contributed by atoms with Gasteiger partial charge in [0.15, 0.2) is 0 Å². The van der Waals surface area contributed by atoms with Crippen molar-refractivity contribution >= 4 is 11.6 Å². The number of carbonyl (C=O) groups is 1. The smallest absolute Gasteiger partial charge is 0.224 e. The SMILES string of the molecule is NCc1ccc(NC(=O)CCCc2ccccc2)cc1. The Morgan fingerprint density at radius 1 is 0.950 bits per heavy atom. The van der Waals surface area contributed by atoms with Gasteiger partial charge in [0, 0.05) is 18.7 Å². The molecule has 0 fully saturated rings. The van der Waals surface area contributed by atoms with Gasteiger partial charge in [0.05, 0.1) is 0 Å². The van der Waals surface area contributed by atoms with E-state index in [4.69, 9.17) is 5.73 Å². The quantitative estimate of drug-likeness (QED) is 0.845. The van der Waals surface area contributed by atoms with Gasteiger partial charge in [-0.15, -0.1) is 0 Å². The molecule has 3 nitrogen and oxygen atoms in total. The largest absolute Gasteiger partial charge is 0.326 e. The lowest BCUT2D eigenvalue weighted by atomic mass is 10.1. The third kappa shape index (κ3) is 4.52. The summed E-state index contributed by atoms with van der Waals surface area (Å²) in [7, 11) is 0. The summed E-state index contributed by atoms with van der Waals surface area (Å²) in [5.74, 6) is 0.0569. The number of rotatable bonds is 6. The number of nitrogens with two attached hydrogens (primary N) is 1. The molecule has 2 aromatic rings. The molecule has 0 bridgehead atoms. The number of carbonyl (C=O) groups excluding carboxylic acids is 1. The fourth-order valence-electron chi connectivity index (χ4n) is 2.05. The summed E-state index contributed by atoms with van der Waals surface area (Å²) in [4.78, 5) is 11.8. The van der Waals surface area contributed by atoms with Crippen LogP contribution in [0.1, 0.15) is 24.0 Å². The van der Waals surface area contributed by atoms with Gasteiger partial charge in [-0.05, 0) is 36.1 Å². The fraction of sp³-hybridized carbons (Fsp3) is 0.235. The molecule has 0 saturated heterocycles. The molecule has 104 valence electrons. The number of amides is 1. The van der Waals surface area contributed by atoms with Crippen molar-refractivity contribution in [1.29, 1.82) is 0 Å². The van der Waals surface area contributed by atoms with Gasteiger partial charge in [-0.3, -0.25) is 4.79 Å². The van der Waals surface area contributed by atoms with Gasteiger partial charge in [-0.1, -0.05) is 42.5 Å². The van der Waals surface area contributed by atoms with Crippen LogP contribution in [0.15, 0.2) is 54.6 Å². The molecule has 3 heteroatoms. The molecule has 0 aromatic heterocycles. The van der Waals surface area contributed by atoms with Crippen LogP contribution in [0.25, 0.3) is 0 Å². The van der Waals surface area contributed by atoms with Gasteiger partial charge >= 0.3 is 0 Å². The van der Waals surface area contributed by atoms with Crippen molar-refractivity contribution in [2.24, 2.45) is 5.73 Å². The van der Waals surface area contributed by atoms with Crippen molar-refractivity contribution in [1.82, 2.24) is 0 Å². The Morgan fingerprint density at radius 3 is 2.30 bits per heavy atom. The van der Waals surface area contributed by atoms with Gasteiger partial charge in [0.1, 0.15) is 0 Å². The molecule has 0 radical (unpaired) electrons. The zero-order chi connectivity index (χ0) is 14.2.